The average molecular weight is 206 g/mol. The van der Waals surface area contributed by atoms with E-state index in [1.165, 1.54) is 0 Å². The minimum atomic E-state index is -0.159. The smallest absolute Gasteiger partial charge is 0.255 e. The van der Waals surface area contributed by atoms with Gasteiger partial charge in [-0.25, -0.2) is 4.98 Å². The number of hydrogen-bond donors (Lipinski definition) is 2. The molecule has 0 spiro atoms. The Hall–Kier alpha value is -1.83. The molecule has 1 aromatic rings. The standard InChI is InChI=1S/C10H14N4O/c1-3-4-5-8-7(2)13-10(12-6-11)14-9(8)15/h3-5H2,1-2H3,(H2,12,13,14,15). The molecule has 0 unspecified atom stereocenters. The first kappa shape index (κ1) is 11.2. The number of nitrogens with one attached hydrogen (secondary N) is 2. The molecule has 2 N–H and O–H groups in total. The van der Waals surface area contributed by atoms with Gasteiger partial charge in [0.25, 0.3) is 5.56 Å². The van der Waals surface area contributed by atoms with Gasteiger partial charge in [0.15, 0.2) is 6.19 Å². The van der Waals surface area contributed by atoms with Gasteiger partial charge in [-0.05, 0) is 19.8 Å². The molecule has 0 fully saturated rings. The molecule has 0 bridgehead atoms. The van der Waals surface area contributed by atoms with E-state index in [0.717, 1.165) is 19.3 Å². The fourth-order valence-corrected chi connectivity index (χ4v) is 1.37. The number of nitriles is 1. The molecule has 0 saturated heterocycles. The highest BCUT2D eigenvalue weighted by molar-refractivity contribution is 5.32. The number of rotatable bonds is 4. The Bertz CT molecular complexity index is 430. The Morgan fingerprint density at radius 2 is 2.33 bits per heavy atom. The Kier molecular flexibility index (Phi) is 3.86. The second-order valence-corrected chi connectivity index (χ2v) is 3.32. The highest BCUT2D eigenvalue weighted by Gasteiger charge is 2.06. The van der Waals surface area contributed by atoms with Crippen molar-refractivity contribution in [2.45, 2.75) is 33.1 Å². The second-order valence-electron chi connectivity index (χ2n) is 3.32. The van der Waals surface area contributed by atoms with E-state index in [0.29, 0.717) is 11.3 Å². The monoisotopic (exact) mass is 206 g/mol. The van der Waals surface area contributed by atoms with Crippen molar-refractivity contribution in [3.8, 4) is 6.19 Å². The van der Waals surface area contributed by atoms with E-state index in [4.69, 9.17) is 5.26 Å². The molecule has 15 heavy (non-hydrogen) atoms. The number of hydrogen-bond acceptors (Lipinski definition) is 4. The van der Waals surface area contributed by atoms with Crippen LogP contribution in [0.2, 0.25) is 0 Å². The SMILES string of the molecule is CCCCc1c(C)nc(NC#N)[nH]c1=O. The van der Waals surface area contributed by atoms with Crippen molar-refractivity contribution >= 4 is 5.95 Å². The molecular weight excluding hydrogens is 192 g/mol. The van der Waals surface area contributed by atoms with Gasteiger partial charge < -0.3 is 0 Å². The summed E-state index contributed by atoms with van der Waals surface area (Å²) in [4.78, 5) is 18.2. The van der Waals surface area contributed by atoms with Crippen LogP contribution in [-0.2, 0) is 6.42 Å². The molecule has 0 atom stereocenters. The highest BCUT2D eigenvalue weighted by Crippen LogP contribution is 2.05. The Balaban J connectivity index is 3.00. The third-order valence-electron chi connectivity index (χ3n) is 2.18. The molecule has 0 aliphatic heterocycles. The van der Waals surface area contributed by atoms with Gasteiger partial charge >= 0.3 is 0 Å². The summed E-state index contributed by atoms with van der Waals surface area (Å²) in [6.07, 6.45) is 4.46. The van der Waals surface area contributed by atoms with Crippen molar-refractivity contribution in [2.75, 3.05) is 5.32 Å². The van der Waals surface area contributed by atoms with Gasteiger partial charge in [-0.2, -0.15) is 5.26 Å². The highest BCUT2D eigenvalue weighted by atomic mass is 16.1. The van der Waals surface area contributed by atoms with Gasteiger partial charge in [-0.1, -0.05) is 13.3 Å². The third-order valence-corrected chi connectivity index (χ3v) is 2.18. The van der Waals surface area contributed by atoms with E-state index in [-0.39, 0.29) is 11.5 Å². The quantitative estimate of drug-likeness (QED) is 0.575. The summed E-state index contributed by atoms with van der Waals surface area (Å²) in [5, 5.41) is 10.7. The lowest BCUT2D eigenvalue weighted by Gasteiger charge is -2.04. The molecule has 80 valence electrons. The molecule has 5 heteroatoms. The lowest BCUT2D eigenvalue weighted by atomic mass is 10.1. The summed E-state index contributed by atoms with van der Waals surface area (Å²) in [6.45, 7) is 3.85. The number of aromatic amines is 1. The topological polar surface area (TPSA) is 81.6 Å². The first-order chi connectivity index (χ1) is 7.19. The van der Waals surface area contributed by atoms with Crippen LogP contribution in [0.5, 0.6) is 0 Å². The van der Waals surface area contributed by atoms with E-state index in [1.807, 2.05) is 0 Å². The summed E-state index contributed by atoms with van der Waals surface area (Å²) in [5.74, 6) is 0.209. The van der Waals surface area contributed by atoms with Gasteiger partial charge in [-0.15, -0.1) is 0 Å². The maximum Gasteiger partial charge on any atom is 0.255 e. The summed E-state index contributed by atoms with van der Waals surface area (Å²) in [6, 6.07) is 0. The van der Waals surface area contributed by atoms with Gasteiger partial charge in [-0.3, -0.25) is 15.1 Å². The Morgan fingerprint density at radius 1 is 1.60 bits per heavy atom. The van der Waals surface area contributed by atoms with Gasteiger partial charge in [0.2, 0.25) is 5.95 Å². The van der Waals surface area contributed by atoms with Crippen molar-refractivity contribution in [3.63, 3.8) is 0 Å². The average Bonchev–Trinajstić information content (AvgIpc) is 2.17. The van der Waals surface area contributed by atoms with E-state index in [9.17, 15) is 4.79 Å². The molecule has 0 aliphatic carbocycles. The van der Waals surface area contributed by atoms with Crippen molar-refractivity contribution in [1.29, 1.82) is 5.26 Å². The molecule has 1 rings (SSSR count). The third kappa shape index (κ3) is 2.81. The van der Waals surface area contributed by atoms with Gasteiger partial charge in [0.05, 0.1) is 0 Å². The number of aryl methyl sites for hydroxylation is 1. The van der Waals surface area contributed by atoms with Crippen LogP contribution >= 0.6 is 0 Å². The second kappa shape index (κ2) is 5.15. The van der Waals surface area contributed by atoms with Crippen molar-refractivity contribution < 1.29 is 0 Å². The van der Waals surface area contributed by atoms with Crippen LogP contribution in [0.3, 0.4) is 0 Å². The van der Waals surface area contributed by atoms with E-state index in [2.05, 4.69) is 22.2 Å². The molecular formula is C10H14N4O. The van der Waals surface area contributed by atoms with Crippen LogP contribution in [-0.4, -0.2) is 9.97 Å². The first-order valence-corrected chi connectivity index (χ1v) is 4.94. The summed E-state index contributed by atoms with van der Waals surface area (Å²) >= 11 is 0. The lowest BCUT2D eigenvalue weighted by molar-refractivity contribution is 0.775. The number of H-pyrrole nitrogens is 1. The zero-order chi connectivity index (χ0) is 11.3. The van der Waals surface area contributed by atoms with Crippen LogP contribution in [0.25, 0.3) is 0 Å². The van der Waals surface area contributed by atoms with E-state index >= 15 is 0 Å². The molecule has 0 aliphatic rings. The molecule has 0 aromatic carbocycles. The fourth-order valence-electron chi connectivity index (χ4n) is 1.37. The largest absolute Gasteiger partial charge is 0.292 e. The van der Waals surface area contributed by atoms with Crippen LogP contribution in [0.4, 0.5) is 5.95 Å². The van der Waals surface area contributed by atoms with Crippen LogP contribution in [0.1, 0.15) is 31.0 Å². The number of anilines is 1. The molecule has 1 aromatic heterocycles. The van der Waals surface area contributed by atoms with Crippen LogP contribution < -0.4 is 10.9 Å². The lowest BCUT2D eigenvalue weighted by Crippen LogP contribution is -2.18. The zero-order valence-electron chi connectivity index (χ0n) is 8.92. The van der Waals surface area contributed by atoms with Gasteiger partial charge in [0, 0.05) is 11.3 Å². The number of nitrogens with zero attached hydrogens (tertiary/aromatic N) is 2. The maximum atomic E-state index is 11.6. The summed E-state index contributed by atoms with van der Waals surface area (Å²) in [5.41, 5.74) is 1.24. The van der Waals surface area contributed by atoms with Crippen molar-refractivity contribution in [2.24, 2.45) is 0 Å². The van der Waals surface area contributed by atoms with Crippen molar-refractivity contribution in [3.05, 3.63) is 21.6 Å². The zero-order valence-corrected chi connectivity index (χ0v) is 8.92. The summed E-state index contributed by atoms with van der Waals surface area (Å²) < 4.78 is 0. The predicted molar refractivity (Wildman–Crippen MR) is 57.4 cm³/mol. The fraction of sp³-hybridized carbons (Fsp3) is 0.500. The van der Waals surface area contributed by atoms with Crippen molar-refractivity contribution in [1.82, 2.24) is 9.97 Å². The van der Waals surface area contributed by atoms with E-state index in [1.54, 1.807) is 13.1 Å². The van der Waals surface area contributed by atoms with E-state index < -0.39 is 0 Å². The Morgan fingerprint density at radius 3 is 2.87 bits per heavy atom. The normalized spacial score (nSPS) is 9.67. The van der Waals surface area contributed by atoms with Gasteiger partial charge in [0.1, 0.15) is 0 Å². The minimum Gasteiger partial charge on any atom is -0.292 e. The number of aromatic nitrogens is 2. The predicted octanol–water partition coefficient (Wildman–Crippen LogP) is 1.31. The first-order valence-electron chi connectivity index (χ1n) is 4.94. The van der Waals surface area contributed by atoms with Crippen LogP contribution in [0, 0.1) is 18.4 Å². The molecule has 0 amide bonds. The molecule has 1 heterocycles. The Labute approximate surface area is 88.2 Å². The maximum absolute atomic E-state index is 11.6. The summed E-state index contributed by atoms with van der Waals surface area (Å²) in [7, 11) is 0. The minimum absolute atomic E-state index is 0.159. The van der Waals surface area contributed by atoms with Crippen LogP contribution in [0.15, 0.2) is 4.79 Å². The molecule has 5 nitrogen and oxygen atoms in total. The molecule has 0 saturated carbocycles. The number of unbranched alkanes of at least 4 members (excludes halogenated alkanes) is 1. The molecule has 0 radical (unpaired) electrons.